The number of carbonyl (C=O) groups is 3. The fraction of sp³-hybridized carbons (Fsp3) is 0.259. The lowest BCUT2D eigenvalue weighted by Gasteiger charge is -2.22. The molecule has 8 nitrogen and oxygen atoms in total. The van der Waals surface area contributed by atoms with Crippen LogP contribution in [0.4, 0.5) is 0 Å². The number of benzene rings is 2. The minimum atomic E-state index is -1.21. The minimum absolute atomic E-state index is 0.114. The van der Waals surface area contributed by atoms with Crippen molar-refractivity contribution < 1.29 is 19.5 Å². The maximum Gasteiger partial charge on any atom is 0.326 e. The fourth-order valence-electron chi connectivity index (χ4n) is 3.82. The van der Waals surface area contributed by atoms with Crippen LogP contribution in [0.3, 0.4) is 0 Å². The first-order chi connectivity index (χ1) is 16.9. The fourth-order valence-corrected chi connectivity index (χ4v) is 3.82. The molecule has 8 heteroatoms. The van der Waals surface area contributed by atoms with Crippen molar-refractivity contribution in [2.75, 3.05) is 6.54 Å². The van der Waals surface area contributed by atoms with Crippen molar-refractivity contribution in [3.8, 4) is 0 Å². The molecule has 182 valence electrons. The highest BCUT2D eigenvalue weighted by Gasteiger charge is 2.24. The lowest BCUT2D eigenvalue weighted by atomic mass is 9.98. The summed E-state index contributed by atoms with van der Waals surface area (Å²) in [4.78, 5) is 49.4. The summed E-state index contributed by atoms with van der Waals surface area (Å²) in [6, 6.07) is 20.3. The molecule has 0 saturated heterocycles. The van der Waals surface area contributed by atoms with Gasteiger partial charge in [-0.3, -0.25) is 14.4 Å². The Morgan fingerprint density at radius 2 is 1.51 bits per heavy atom. The molecule has 0 unspecified atom stereocenters. The zero-order valence-electron chi connectivity index (χ0n) is 19.5. The average Bonchev–Trinajstić information content (AvgIpc) is 2.88. The van der Waals surface area contributed by atoms with Gasteiger partial charge < -0.3 is 20.3 Å². The van der Waals surface area contributed by atoms with Crippen molar-refractivity contribution in [2.24, 2.45) is 0 Å². The van der Waals surface area contributed by atoms with Gasteiger partial charge in [0.1, 0.15) is 11.6 Å². The quantitative estimate of drug-likeness (QED) is 0.369. The number of carbonyl (C=O) groups excluding carboxylic acids is 2. The molecule has 0 aliphatic rings. The molecule has 1 aromatic heterocycles. The zero-order chi connectivity index (χ0) is 25.2. The van der Waals surface area contributed by atoms with E-state index >= 15 is 0 Å². The first-order valence-electron chi connectivity index (χ1n) is 11.5. The molecule has 0 fully saturated rings. The number of aromatic nitrogens is 1. The number of aliphatic carboxylic acids is 1. The molecule has 0 radical (unpaired) electrons. The third-order valence-corrected chi connectivity index (χ3v) is 5.64. The SMILES string of the molecule is CCC(=O)NCCC[C@H](NC(=O)c1cccn(C(c2ccccc2)c2ccccc2)c1=O)C(=O)O. The van der Waals surface area contributed by atoms with Crippen LogP contribution >= 0.6 is 0 Å². The molecule has 35 heavy (non-hydrogen) atoms. The van der Waals surface area contributed by atoms with Crippen LogP contribution in [0, 0.1) is 0 Å². The van der Waals surface area contributed by atoms with Gasteiger partial charge in [-0.25, -0.2) is 4.79 Å². The maximum atomic E-state index is 13.4. The number of nitrogens with one attached hydrogen (secondary N) is 2. The minimum Gasteiger partial charge on any atom is -0.480 e. The third kappa shape index (κ3) is 6.66. The molecule has 0 aliphatic heterocycles. The first-order valence-corrected chi connectivity index (χ1v) is 11.5. The number of hydrogen-bond acceptors (Lipinski definition) is 4. The molecule has 3 N–H and O–H groups in total. The number of hydrogen-bond donors (Lipinski definition) is 3. The summed E-state index contributed by atoms with van der Waals surface area (Å²) in [6.45, 7) is 2.03. The topological polar surface area (TPSA) is 118 Å². The predicted octanol–water partition coefficient (Wildman–Crippen LogP) is 2.98. The predicted molar refractivity (Wildman–Crippen MR) is 132 cm³/mol. The van der Waals surface area contributed by atoms with Gasteiger partial charge in [-0.15, -0.1) is 0 Å². The van der Waals surface area contributed by atoms with Gasteiger partial charge in [0.2, 0.25) is 5.91 Å². The maximum absolute atomic E-state index is 13.4. The Bertz CT molecular complexity index is 1170. The van der Waals surface area contributed by atoms with Crippen LogP contribution in [-0.2, 0) is 9.59 Å². The second-order valence-electron chi connectivity index (χ2n) is 8.07. The molecule has 0 bridgehead atoms. The van der Waals surface area contributed by atoms with Crippen LogP contribution in [0.1, 0.15) is 53.7 Å². The molecule has 0 spiro atoms. The highest BCUT2D eigenvalue weighted by molar-refractivity contribution is 5.96. The standard InChI is InChI=1S/C27H29N3O5/c1-2-23(31)28-17-9-16-22(27(34)35)29-25(32)21-15-10-18-30(26(21)33)24(19-11-5-3-6-12-19)20-13-7-4-8-14-20/h3-8,10-15,18,22,24H,2,9,16-17H2,1H3,(H,28,31)(H,29,32)(H,34,35)/t22-/m0/s1. The normalized spacial score (nSPS) is 11.6. The van der Waals surface area contributed by atoms with Gasteiger partial charge in [-0.2, -0.15) is 0 Å². The molecule has 1 heterocycles. The van der Waals surface area contributed by atoms with E-state index in [4.69, 9.17) is 0 Å². The van der Waals surface area contributed by atoms with E-state index in [-0.39, 0.29) is 17.9 Å². The molecule has 2 amide bonds. The lowest BCUT2D eigenvalue weighted by molar-refractivity contribution is -0.139. The van der Waals surface area contributed by atoms with Gasteiger partial charge in [0.05, 0.1) is 6.04 Å². The Morgan fingerprint density at radius 3 is 2.06 bits per heavy atom. The molecule has 3 rings (SSSR count). The number of carboxylic acids is 1. The van der Waals surface area contributed by atoms with E-state index in [1.165, 1.54) is 10.6 Å². The largest absolute Gasteiger partial charge is 0.480 e. The molecule has 1 atom stereocenters. The van der Waals surface area contributed by atoms with Crippen LogP contribution < -0.4 is 16.2 Å². The Morgan fingerprint density at radius 1 is 0.914 bits per heavy atom. The van der Waals surface area contributed by atoms with E-state index in [0.29, 0.717) is 19.4 Å². The Balaban J connectivity index is 1.85. The number of nitrogens with zero attached hydrogens (tertiary/aromatic N) is 1. The zero-order valence-corrected chi connectivity index (χ0v) is 19.5. The Kier molecular flexibility index (Phi) is 8.95. The van der Waals surface area contributed by atoms with E-state index in [1.54, 1.807) is 19.2 Å². The first kappa shape index (κ1) is 25.4. The summed E-state index contributed by atoms with van der Waals surface area (Å²) in [7, 11) is 0. The summed E-state index contributed by atoms with van der Waals surface area (Å²) < 4.78 is 1.48. The van der Waals surface area contributed by atoms with Gasteiger partial charge in [0.15, 0.2) is 0 Å². The molecular formula is C27H29N3O5. The van der Waals surface area contributed by atoms with Crippen molar-refractivity contribution in [1.29, 1.82) is 0 Å². The second-order valence-corrected chi connectivity index (χ2v) is 8.07. The van der Waals surface area contributed by atoms with Gasteiger partial charge in [0.25, 0.3) is 11.5 Å². The van der Waals surface area contributed by atoms with E-state index in [1.807, 2.05) is 60.7 Å². The van der Waals surface area contributed by atoms with Crippen LogP contribution in [-0.4, -0.2) is 40.0 Å². The van der Waals surface area contributed by atoms with Crippen molar-refractivity contribution in [3.63, 3.8) is 0 Å². The summed E-state index contributed by atoms with van der Waals surface area (Å²) >= 11 is 0. The van der Waals surface area contributed by atoms with E-state index < -0.39 is 29.5 Å². The van der Waals surface area contributed by atoms with Crippen LogP contribution in [0.5, 0.6) is 0 Å². The lowest BCUT2D eigenvalue weighted by Crippen LogP contribution is -2.43. The van der Waals surface area contributed by atoms with E-state index in [2.05, 4.69) is 10.6 Å². The number of pyridine rings is 1. The molecule has 2 aromatic carbocycles. The van der Waals surface area contributed by atoms with Gasteiger partial charge in [-0.05, 0) is 36.1 Å². The van der Waals surface area contributed by atoms with Crippen LogP contribution in [0.15, 0.2) is 83.8 Å². The summed E-state index contributed by atoms with van der Waals surface area (Å²) in [5.74, 6) is -2.09. The van der Waals surface area contributed by atoms with Crippen molar-refractivity contribution in [3.05, 3.63) is 106 Å². The van der Waals surface area contributed by atoms with Gasteiger partial charge in [-0.1, -0.05) is 67.6 Å². The van der Waals surface area contributed by atoms with Crippen molar-refractivity contribution in [1.82, 2.24) is 15.2 Å². The molecule has 3 aromatic rings. The number of rotatable bonds is 11. The monoisotopic (exact) mass is 475 g/mol. The van der Waals surface area contributed by atoms with Crippen molar-refractivity contribution in [2.45, 2.75) is 38.3 Å². The highest BCUT2D eigenvalue weighted by Crippen LogP contribution is 2.25. The van der Waals surface area contributed by atoms with E-state index in [0.717, 1.165) is 11.1 Å². The van der Waals surface area contributed by atoms with E-state index in [9.17, 15) is 24.3 Å². The summed E-state index contributed by atoms with van der Waals surface area (Å²) in [5, 5.41) is 14.7. The summed E-state index contributed by atoms with van der Waals surface area (Å²) in [6.07, 6.45) is 2.44. The Hall–Kier alpha value is -4.20. The summed E-state index contributed by atoms with van der Waals surface area (Å²) in [5.41, 5.74) is 1.07. The van der Waals surface area contributed by atoms with Crippen molar-refractivity contribution >= 4 is 17.8 Å². The molecule has 0 aliphatic carbocycles. The number of amides is 2. The smallest absolute Gasteiger partial charge is 0.326 e. The Labute approximate surface area is 203 Å². The molecular weight excluding hydrogens is 446 g/mol. The van der Waals surface area contributed by atoms with Crippen LogP contribution in [0.25, 0.3) is 0 Å². The van der Waals surface area contributed by atoms with Gasteiger partial charge >= 0.3 is 5.97 Å². The van der Waals surface area contributed by atoms with Crippen LogP contribution in [0.2, 0.25) is 0 Å². The highest BCUT2D eigenvalue weighted by atomic mass is 16.4. The van der Waals surface area contributed by atoms with Gasteiger partial charge in [0, 0.05) is 19.2 Å². The molecule has 0 saturated carbocycles. The number of carboxylic acid groups (broad SMARTS) is 1. The third-order valence-electron chi connectivity index (χ3n) is 5.64. The average molecular weight is 476 g/mol. The second kappa shape index (κ2) is 12.3.